The third-order valence-electron chi connectivity index (χ3n) is 6.68. The van der Waals surface area contributed by atoms with E-state index in [0.717, 1.165) is 61.0 Å². The van der Waals surface area contributed by atoms with Crippen LogP contribution in [0.4, 0.5) is 0 Å². The van der Waals surface area contributed by atoms with Crippen molar-refractivity contribution >= 4 is 12.6 Å². The van der Waals surface area contributed by atoms with Crippen LogP contribution in [0.3, 0.4) is 0 Å². The molecule has 2 N–H and O–H groups in total. The van der Waals surface area contributed by atoms with Gasteiger partial charge in [-0.2, -0.15) is 0 Å². The van der Waals surface area contributed by atoms with Crippen LogP contribution in [0.2, 0.25) is 0 Å². The molecular formula is C28H38N2O4. The van der Waals surface area contributed by atoms with E-state index >= 15 is 0 Å². The van der Waals surface area contributed by atoms with Crippen molar-refractivity contribution in [3.8, 4) is 11.5 Å². The summed E-state index contributed by atoms with van der Waals surface area (Å²) in [4.78, 5) is 27.6. The van der Waals surface area contributed by atoms with Gasteiger partial charge >= 0.3 is 0 Å². The van der Waals surface area contributed by atoms with Crippen LogP contribution >= 0.6 is 0 Å². The molecule has 34 heavy (non-hydrogen) atoms. The Balaban J connectivity index is 1.72. The summed E-state index contributed by atoms with van der Waals surface area (Å²) in [7, 11) is 0. The van der Waals surface area contributed by atoms with Crippen LogP contribution < -0.4 is 0 Å². The fourth-order valence-corrected chi connectivity index (χ4v) is 4.31. The van der Waals surface area contributed by atoms with Crippen molar-refractivity contribution in [3.63, 3.8) is 0 Å². The Hall–Kier alpha value is -2.70. The highest BCUT2D eigenvalue weighted by atomic mass is 16.3. The Morgan fingerprint density at radius 3 is 1.26 bits per heavy atom. The molecule has 1 saturated heterocycles. The zero-order valence-electron chi connectivity index (χ0n) is 21.3. The van der Waals surface area contributed by atoms with Gasteiger partial charge in [-0.3, -0.25) is 19.4 Å². The van der Waals surface area contributed by atoms with Gasteiger partial charge in [0.05, 0.1) is 11.1 Å². The number of piperazine rings is 1. The number of aldehydes is 2. The predicted octanol–water partition coefficient (Wildman–Crippen LogP) is 4.64. The van der Waals surface area contributed by atoms with Crippen LogP contribution in [0.5, 0.6) is 11.5 Å². The molecule has 0 amide bonds. The molecule has 0 radical (unpaired) electrons. The second-order valence-corrected chi connectivity index (χ2v) is 11.4. The van der Waals surface area contributed by atoms with E-state index in [2.05, 4.69) is 51.3 Å². The van der Waals surface area contributed by atoms with Gasteiger partial charge < -0.3 is 10.2 Å². The molecule has 0 saturated carbocycles. The van der Waals surface area contributed by atoms with Crippen molar-refractivity contribution < 1.29 is 19.8 Å². The monoisotopic (exact) mass is 466 g/mol. The maximum absolute atomic E-state index is 11.5. The normalized spacial score (nSPS) is 15.9. The maximum atomic E-state index is 11.5. The summed E-state index contributed by atoms with van der Waals surface area (Å²) < 4.78 is 0. The third kappa shape index (κ3) is 5.86. The van der Waals surface area contributed by atoms with Gasteiger partial charge in [0.25, 0.3) is 0 Å². The van der Waals surface area contributed by atoms with Gasteiger partial charge in [0.15, 0.2) is 12.6 Å². The number of hydrogen-bond donors (Lipinski definition) is 2. The highest BCUT2D eigenvalue weighted by Gasteiger charge is 2.24. The van der Waals surface area contributed by atoms with Gasteiger partial charge in [0, 0.05) is 50.4 Å². The zero-order chi connectivity index (χ0) is 25.3. The zero-order valence-corrected chi connectivity index (χ0v) is 21.3. The number of hydrogen-bond acceptors (Lipinski definition) is 6. The van der Waals surface area contributed by atoms with Crippen LogP contribution in [0.1, 0.15) is 84.5 Å². The Morgan fingerprint density at radius 1 is 0.676 bits per heavy atom. The quantitative estimate of drug-likeness (QED) is 0.604. The summed E-state index contributed by atoms with van der Waals surface area (Å²) in [5, 5.41) is 21.2. The van der Waals surface area contributed by atoms with Gasteiger partial charge in [-0.1, -0.05) is 53.7 Å². The fourth-order valence-electron chi connectivity index (χ4n) is 4.31. The highest BCUT2D eigenvalue weighted by molar-refractivity contribution is 5.81. The van der Waals surface area contributed by atoms with Crippen molar-refractivity contribution in [2.45, 2.75) is 65.5 Å². The summed E-state index contributed by atoms with van der Waals surface area (Å²) >= 11 is 0. The van der Waals surface area contributed by atoms with Crippen LogP contribution in [0.15, 0.2) is 24.3 Å². The Morgan fingerprint density at radius 2 is 1.00 bits per heavy atom. The van der Waals surface area contributed by atoms with Crippen LogP contribution in [-0.4, -0.2) is 58.8 Å². The molecule has 3 rings (SSSR count). The predicted molar refractivity (Wildman–Crippen MR) is 135 cm³/mol. The molecule has 1 aliphatic rings. The molecule has 0 aliphatic carbocycles. The lowest BCUT2D eigenvalue weighted by Crippen LogP contribution is -2.45. The topological polar surface area (TPSA) is 81.1 Å². The molecule has 0 bridgehead atoms. The molecule has 1 aliphatic heterocycles. The number of phenolic OH excluding ortho intramolecular Hbond substituents is 2. The van der Waals surface area contributed by atoms with Gasteiger partial charge in [-0.15, -0.1) is 0 Å². The standard InChI is InChI=1S/C28H38N2O4/c1-27(2,3)23-11-19(25(33)21(13-23)17-31)15-29-7-9-30(10-8-29)16-20-12-24(28(4,5)6)14-22(18-32)26(20)34/h11-14,17-18,33-34H,7-10,15-16H2,1-6H3. The lowest BCUT2D eigenvalue weighted by Gasteiger charge is -2.35. The van der Waals surface area contributed by atoms with Crippen LogP contribution in [-0.2, 0) is 23.9 Å². The number of nitrogens with zero attached hydrogens (tertiary/aromatic N) is 2. The average Bonchev–Trinajstić information content (AvgIpc) is 2.76. The lowest BCUT2D eigenvalue weighted by atomic mass is 9.84. The summed E-state index contributed by atoms with van der Waals surface area (Å²) in [6.45, 7) is 16.9. The molecule has 0 spiro atoms. The average molecular weight is 467 g/mol. The molecule has 2 aromatic carbocycles. The largest absolute Gasteiger partial charge is 0.507 e. The van der Waals surface area contributed by atoms with E-state index in [0.29, 0.717) is 24.2 Å². The summed E-state index contributed by atoms with van der Waals surface area (Å²) in [6.07, 6.45) is 1.44. The number of aromatic hydroxyl groups is 2. The van der Waals surface area contributed by atoms with Gasteiger partial charge in [0.1, 0.15) is 11.5 Å². The molecule has 2 aromatic rings. The van der Waals surface area contributed by atoms with Gasteiger partial charge in [0.2, 0.25) is 0 Å². The first-order valence-electron chi connectivity index (χ1n) is 11.9. The number of rotatable bonds is 6. The second kappa shape index (κ2) is 9.88. The van der Waals surface area contributed by atoms with Crippen molar-refractivity contribution in [2.24, 2.45) is 0 Å². The number of carbonyl (C=O) groups is 2. The minimum absolute atomic E-state index is 0.0655. The molecule has 1 heterocycles. The lowest BCUT2D eigenvalue weighted by molar-refractivity contribution is 0.110. The maximum Gasteiger partial charge on any atom is 0.153 e. The highest BCUT2D eigenvalue weighted by Crippen LogP contribution is 2.33. The van der Waals surface area contributed by atoms with Crippen LogP contribution in [0.25, 0.3) is 0 Å². The molecule has 6 heteroatoms. The first-order valence-corrected chi connectivity index (χ1v) is 11.9. The first-order chi connectivity index (χ1) is 15.8. The molecular weight excluding hydrogens is 428 g/mol. The van der Waals surface area contributed by atoms with Gasteiger partial charge in [-0.05, 0) is 34.1 Å². The summed E-state index contributed by atoms with van der Waals surface area (Å²) in [5.41, 5.74) is 4.03. The van der Waals surface area contributed by atoms with E-state index in [9.17, 15) is 19.8 Å². The van der Waals surface area contributed by atoms with Crippen molar-refractivity contribution in [2.75, 3.05) is 26.2 Å². The minimum atomic E-state index is -0.122. The molecule has 184 valence electrons. The molecule has 1 fully saturated rings. The fraction of sp³-hybridized carbons (Fsp3) is 0.500. The van der Waals surface area contributed by atoms with Crippen molar-refractivity contribution in [1.82, 2.24) is 9.80 Å². The van der Waals surface area contributed by atoms with E-state index in [1.54, 1.807) is 12.1 Å². The van der Waals surface area contributed by atoms with E-state index in [4.69, 9.17) is 0 Å². The first kappa shape index (κ1) is 25.9. The Labute approximate surface area is 203 Å². The second-order valence-electron chi connectivity index (χ2n) is 11.4. The summed E-state index contributed by atoms with van der Waals surface area (Å²) in [5.74, 6) is 0.131. The minimum Gasteiger partial charge on any atom is -0.507 e. The number of phenols is 2. The van der Waals surface area contributed by atoms with E-state index < -0.39 is 0 Å². The third-order valence-corrected chi connectivity index (χ3v) is 6.68. The molecule has 0 unspecified atom stereocenters. The van der Waals surface area contributed by atoms with Crippen LogP contribution in [0, 0.1) is 0 Å². The van der Waals surface area contributed by atoms with Crippen molar-refractivity contribution in [3.05, 3.63) is 57.6 Å². The van der Waals surface area contributed by atoms with E-state index in [-0.39, 0.29) is 22.3 Å². The summed E-state index contributed by atoms with van der Waals surface area (Å²) in [6, 6.07) is 7.56. The molecule has 0 aromatic heterocycles. The smallest absolute Gasteiger partial charge is 0.153 e. The van der Waals surface area contributed by atoms with E-state index in [1.807, 2.05) is 12.1 Å². The SMILES string of the molecule is CC(C)(C)c1cc(C=O)c(O)c(CN2CCN(Cc3cc(C(C)(C)C)cc(C=O)c3O)CC2)c1. The number of carbonyl (C=O) groups excluding carboxylic acids is 2. The molecule has 6 nitrogen and oxygen atoms in total. The van der Waals surface area contributed by atoms with E-state index in [1.165, 1.54) is 0 Å². The Kier molecular flexibility index (Phi) is 7.53. The van der Waals surface area contributed by atoms with Crippen molar-refractivity contribution in [1.29, 1.82) is 0 Å². The van der Waals surface area contributed by atoms with Gasteiger partial charge in [-0.25, -0.2) is 0 Å². The number of benzene rings is 2. The Bertz CT molecular complexity index is 970. The molecule has 0 atom stereocenters.